The van der Waals surface area contributed by atoms with E-state index in [1.807, 2.05) is 24.3 Å². The Labute approximate surface area is 109 Å². The van der Waals surface area contributed by atoms with E-state index >= 15 is 0 Å². The summed E-state index contributed by atoms with van der Waals surface area (Å²) in [5, 5.41) is 11.8. The molecule has 100 valence electrons. The first-order valence-electron chi connectivity index (χ1n) is 6.35. The number of oxime groups is 1. The van der Waals surface area contributed by atoms with E-state index in [2.05, 4.69) is 23.9 Å². The van der Waals surface area contributed by atoms with Gasteiger partial charge in [-0.2, -0.15) is 0 Å². The summed E-state index contributed by atoms with van der Waals surface area (Å²) < 4.78 is 5.66. The van der Waals surface area contributed by atoms with Gasteiger partial charge >= 0.3 is 0 Å². The van der Waals surface area contributed by atoms with Crippen molar-refractivity contribution in [3.8, 4) is 5.75 Å². The van der Waals surface area contributed by atoms with E-state index in [1.54, 1.807) is 6.92 Å². The van der Waals surface area contributed by atoms with Gasteiger partial charge < -0.3 is 14.8 Å². The molecule has 0 aliphatic carbocycles. The Balaban J connectivity index is 2.44. The van der Waals surface area contributed by atoms with Gasteiger partial charge in [0, 0.05) is 6.54 Å². The van der Waals surface area contributed by atoms with Crippen molar-refractivity contribution in [3.05, 3.63) is 29.8 Å². The van der Waals surface area contributed by atoms with E-state index in [-0.39, 0.29) is 0 Å². The van der Waals surface area contributed by atoms with Crippen LogP contribution in [0.3, 0.4) is 0 Å². The molecule has 0 fully saturated rings. The van der Waals surface area contributed by atoms with E-state index in [4.69, 9.17) is 9.94 Å². The third-order valence-electron chi connectivity index (χ3n) is 2.99. The quantitative estimate of drug-likeness (QED) is 0.459. The maximum atomic E-state index is 8.67. The Bertz CT molecular complexity index is 370. The fourth-order valence-corrected chi connectivity index (χ4v) is 1.68. The molecule has 1 aromatic rings. The molecule has 4 nitrogen and oxygen atoms in total. The molecular weight excluding hydrogens is 228 g/mol. The molecule has 0 atom stereocenters. The summed E-state index contributed by atoms with van der Waals surface area (Å²) in [4.78, 5) is 2.32. The molecular formula is C14H22N2O2. The molecule has 0 spiro atoms. The van der Waals surface area contributed by atoms with Crippen molar-refractivity contribution in [1.82, 2.24) is 4.90 Å². The van der Waals surface area contributed by atoms with Gasteiger partial charge in [0.2, 0.25) is 0 Å². The van der Waals surface area contributed by atoms with Gasteiger partial charge in [-0.05, 0) is 49.8 Å². The van der Waals surface area contributed by atoms with E-state index in [0.29, 0.717) is 12.3 Å². The Morgan fingerprint density at radius 2 is 1.83 bits per heavy atom. The standard InChI is InChI=1S/C14H22N2O2/c1-4-16(5-2)10-11-18-14-8-6-13(7-9-14)12(3)15-17/h6-9,17H,4-5,10-11H2,1-3H3. The van der Waals surface area contributed by atoms with Crippen LogP contribution in [0.4, 0.5) is 0 Å². The first-order chi connectivity index (χ1) is 8.71. The average Bonchev–Trinajstić information content (AvgIpc) is 2.43. The van der Waals surface area contributed by atoms with Gasteiger partial charge in [-0.25, -0.2) is 0 Å². The van der Waals surface area contributed by atoms with Crippen molar-refractivity contribution in [1.29, 1.82) is 0 Å². The summed E-state index contributed by atoms with van der Waals surface area (Å²) in [5.74, 6) is 0.844. The summed E-state index contributed by atoms with van der Waals surface area (Å²) in [6, 6.07) is 7.57. The monoisotopic (exact) mass is 250 g/mol. The van der Waals surface area contributed by atoms with E-state index in [0.717, 1.165) is 30.9 Å². The van der Waals surface area contributed by atoms with Crippen molar-refractivity contribution >= 4 is 5.71 Å². The molecule has 0 aromatic heterocycles. The predicted octanol–water partition coefficient (Wildman–Crippen LogP) is 2.61. The van der Waals surface area contributed by atoms with Crippen molar-refractivity contribution < 1.29 is 9.94 Å². The molecule has 4 heteroatoms. The van der Waals surface area contributed by atoms with Crippen molar-refractivity contribution in [2.75, 3.05) is 26.2 Å². The molecule has 1 N–H and O–H groups in total. The third kappa shape index (κ3) is 4.37. The maximum Gasteiger partial charge on any atom is 0.119 e. The van der Waals surface area contributed by atoms with Crippen LogP contribution in [0.25, 0.3) is 0 Å². The molecule has 0 saturated carbocycles. The molecule has 0 amide bonds. The van der Waals surface area contributed by atoms with Crippen LogP contribution >= 0.6 is 0 Å². The van der Waals surface area contributed by atoms with Crippen molar-refractivity contribution in [3.63, 3.8) is 0 Å². The van der Waals surface area contributed by atoms with Gasteiger partial charge in [-0.1, -0.05) is 19.0 Å². The number of hydrogen-bond acceptors (Lipinski definition) is 4. The second kappa shape index (κ2) is 7.71. The smallest absolute Gasteiger partial charge is 0.119 e. The molecule has 0 saturated heterocycles. The fourth-order valence-electron chi connectivity index (χ4n) is 1.68. The molecule has 0 radical (unpaired) electrons. The SMILES string of the molecule is CCN(CC)CCOc1ccc(C(C)=NO)cc1. The fraction of sp³-hybridized carbons (Fsp3) is 0.500. The van der Waals surface area contributed by atoms with Gasteiger partial charge in [0.1, 0.15) is 12.4 Å². The highest BCUT2D eigenvalue weighted by molar-refractivity contribution is 5.98. The Hall–Kier alpha value is -1.55. The van der Waals surface area contributed by atoms with Crippen LogP contribution in [0.1, 0.15) is 26.3 Å². The van der Waals surface area contributed by atoms with Gasteiger partial charge in [0.25, 0.3) is 0 Å². The molecule has 1 aromatic carbocycles. The lowest BCUT2D eigenvalue weighted by Gasteiger charge is -2.18. The summed E-state index contributed by atoms with van der Waals surface area (Å²) in [6.45, 7) is 9.77. The van der Waals surface area contributed by atoms with Crippen molar-refractivity contribution in [2.45, 2.75) is 20.8 Å². The Morgan fingerprint density at radius 3 is 2.33 bits per heavy atom. The van der Waals surface area contributed by atoms with Crippen LogP contribution in [0.2, 0.25) is 0 Å². The van der Waals surface area contributed by atoms with E-state index in [9.17, 15) is 0 Å². The number of hydrogen-bond donors (Lipinski definition) is 1. The van der Waals surface area contributed by atoms with Crippen LogP contribution in [0.15, 0.2) is 29.4 Å². The van der Waals surface area contributed by atoms with E-state index in [1.165, 1.54) is 0 Å². The molecule has 0 heterocycles. The highest BCUT2D eigenvalue weighted by Gasteiger charge is 2.01. The number of likely N-dealkylation sites (N-methyl/N-ethyl adjacent to an activating group) is 1. The highest BCUT2D eigenvalue weighted by atomic mass is 16.5. The first kappa shape index (κ1) is 14.5. The zero-order chi connectivity index (χ0) is 13.4. The number of nitrogens with zero attached hydrogens (tertiary/aromatic N) is 2. The maximum absolute atomic E-state index is 8.67. The van der Waals surface area contributed by atoms with Gasteiger partial charge in [0.15, 0.2) is 0 Å². The zero-order valence-corrected chi connectivity index (χ0v) is 11.4. The lowest BCUT2D eigenvalue weighted by molar-refractivity contribution is 0.223. The number of ether oxygens (including phenoxy) is 1. The molecule has 0 aliphatic heterocycles. The van der Waals surface area contributed by atoms with Crippen molar-refractivity contribution in [2.24, 2.45) is 5.16 Å². The van der Waals surface area contributed by atoms with Crippen LogP contribution in [0.5, 0.6) is 5.75 Å². The minimum absolute atomic E-state index is 0.602. The largest absolute Gasteiger partial charge is 0.492 e. The zero-order valence-electron chi connectivity index (χ0n) is 11.4. The lowest BCUT2D eigenvalue weighted by Crippen LogP contribution is -2.27. The minimum Gasteiger partial charge on any atom is -0.492 e. The Kier molecular flexibility index (Phi) is 6.22. The number of benzene rings is 1. The Morgan fingerprint density at radius 1 is 1.22 bits per heavy atom. The topological polar surface area (TPSA) is 45.1 Å². The van der Waals surface area contributed by atoms with Crippen LogP contribution in [0, 0.1) is 0 Å². The first-order valence-corrected chi connectivity index (χ1v) is 6.35. The third-order valence-corrected chi connectivity index (χ3v) is 2.99. The van der Waals surface area contributed by atoms with Crippen LogP contribution in [-0.2, 0) is 0 Å². The lowest BCUT2D eigenvalue weighted by atomic mass is 10.1. The molecule has 1 rings (SSSR count). The second-order valence-corrected chi connectivity index (χ2v) is 4.09. The summed E-state index contributed by atoms with van der Waals surface area (Å²) in [6.07, 6.45) is 0. The molecule has 0 bridgehead atoms. The van der Waals surface area contributed by atoms with Gasteiger partial charge in [0.05, 0.1) is 5.71 Å². The molecule has 0 unspecified atom stereocenters. The molecule has 0 aliphatic rings. The van der Waals surface area contributed by atoms with Crippen LogP contribution < -0.4 is 4.74 Å². The van der Waals surface area contributed by atoms with Crippen LogP contribution in [-0.4, -0.2) is 42.1 Å². The van der Waals surface area contributed by atoms with Gasteiger partial charge in [-0.15, -0.1) is 0 Å². The molecule has 18 heavy (non-hydrogen) atoms. The van der Waals surface area contributed by atoms with E-state index < -0.39 is 0 Å². The number of rotatable bonds is 7. The summed E-state index contributed by atoms with van der Waals surface area (Å²) in [7, 11) is 0. The van der Waals surface area contributed by atoms with Gasteiger partial charge in [-0.3, -0.25) is 0 Å². The predicted molar refractivity (Wildman–Crippen MR) is 73.7 cm³/mol. The highest BCUT2D eigenvalue weighted by Crippen LogP contribution is 2.12. The second-order valence-electron chi connectivity index (χ2n) is 4.09. The summed E-state index contributed by atoms with van der Waals surface area (Å²) in [5.41, 5.74) is 1.50. The average molecular weight is 250 g/mol. The summed E-state index contributed by atoms with van der Waals surface area (Å²) >= 11 is 0. The normalized spacial score (nSPS) is 11.9. The minimum atomic E-state index is 0.602.